The van der Waals surface area contributed by atoms with Gasteiger partial charge < -0.3 is 19.7 Å². The third kappa shape index (κ3) is 7.78. The Hall–Kier alpha value is -4.43. The maximum absolute atomic E-state index is 13.2. The molecule has 1 N–H and O–H groups in total. The van der Waals surface area contributed by atoms with Gasteiger partial charge in [0.1, 0.15) is 18.2 Å². The number of carbonyl (C=O) groups is 2. The van der Waals surface area contributed by atoms with Crippen LogP contribution in [0.1, 0.15) is 25.3 Å². The topological polar surface area (TPSA) is 85.7 Å². The number of hydrogen-bond acceptors (Lipinski definition) is 5. The van der Waals surface area contributed by atoms with Gasteiger partial charge in [0.2, 0.25) is 11.8 Å². The van der Waals surface area contributed by atoms with Gasteiger partial charge in [0.25, 0.3) is 0 Å². The molecule has 0 bridgehead atoms. The predicted octanol–water partition coefficient (Wildman–Crippen LogP) is 5.33. The lowest BCUT2D eigenvalue weighted by atomic mass is 10.1. The quantitative estimate of drug-likeness (QED) is 0.254. The first-order valence-electron chi connectivity index (χ1n) is 13.1. The van der Waals surface area contributed by atoms with Crippen molar-refractivity contribution in [2.24, 2.45) is 0 Å². The van der Waals surface area contributed by atoms with Crippen molar-refractivity contribution in [2.75, 3.05) is 32.1 Å². The zero-order chi connectivity index (χ0) is 27.5. The Balaban J connectivity index is 1.48. The van der Waals surface area contributed by atoms with Gasteiger partial charge in [-0.3, -0.25) is 9.59 Å². The number of benzene rings is 3. The molecule has 0 saturated carbocycles. The van der Waals surface area contributed by atoms with E-state index in [-0.39, 0.29) is 25.0 Å². The Bertz CT molecular complexity index is 1340. The number of hydrogen-bond donors (Lipinski definition) is 1. The molecular formula is C31H34N4O4. The minimum atomic E-state index is -0.309. The normalized spacial score (nSPS) is 10.7. The standard InChI is InChI=1S/C31H34N4O4/c1-3-4-19-34(31(37)23-39-22-24-11-7-5-8-12-24)21-30(36)32-29-20-28(25-13-9-6-10-14-25)33-35(29)26-15-17-27(38-2)18-16-26/h5-18,20H,3-4,19,21-23H2,1-2H3,(H,32,36). The van der Waals surface area contributed by atoms with Crippen LogP contribution < -0.4 is 10.1 Å². The number of unbranched alkanes of at least 4 members (excludes halogenated alkanes) is 1. The van der Waals surface area contributed by atoms with E-state index in [1.54, 1.807) is 16.7 Å². The fraction of sp³-hybridized carbons (Fsp3) is 0.258. The number of aromatic nitrogens is 2. The maximum Gasteiger partial charge on any atom is 0.249 e. The first kappa shape index (κ1) is 27.6. The van der Waals surface area contributed by atoms with E-state index in [0.717, 1.165) is 41.1 Å². The van der Waals surface area contributed by atoms with Crippen LogP contribution in [0.25, 0.3) is 16.9 Å². The van der Waals surface area contributed by atoms with Gasteiger partial charge in [0.05, 0.1) is 31.6 Å². The fourth-order valence-electron chi connectivity index (χ4n) is 4.06. The van der Waals surface area contributed by atoms with Gasteiger partial charge in [-0.25, -0.2) is 4.68 Å². The van der Waals surface area contributed by atoms with Crippen molar-refractivity contribution in [1.82, 2.24) is 14.7 Å². The van der Waals surface area contributed by atoms with Gasteiger partial charge in [-0.15, -0.1) is 0 Å². The predicted molar refractivity (Wildman–Crippen MR) is 152 cm³/mol. The van der Waals surface area contributed by atoms with Gasteiger partial charge in [-0.05, 0) is 36.2 Å². The summed E-state index contributed by atoms with van der Waals surface area (Å²) in [6.07, 6.45) is 1.70. The summed E-state index contributed by atoms with van der Waals surface area (Å²) in [5, 5.41) is 7.72. The molecule has 0 saturated heterocycles. The molecule has 0 unspecified atom stereocenters. The average molecular weight is 527 g/mol. The van der Waals surface area contributed by atoms with Crippen molar-refractivity contribution in [1.29, 1.82) is 0 Å². The molecule has 4 aromatic rings. The van der Waals surface area contributed by atoms with E-state index in [4.69, 9.17) is 14.6 Å². The van der Waals surface area contributed by atoms with Gasteiger partial charge >= 0.3 is 0 Å². The molecule has 0 aliphatic rings. The van der Waals surface area contributed by atoms with Gasteiger partial charge in [0.15, 0.2) is 0 Å². The van der Waals surface area contributed by atoms with Crippen LogP contribution in [0, 0.1) is 0 Å². The van der Waals surface area contributed by atoms with Crippen LogP contribution in [0.5, 0.6) is 5.75 Å². The lowest BCUT2D eigenvalue weighted by Crippen LogP contribution is -2.40. The van der Waals surface area contributed by atoms with E-state index in [2.05, 4.69) is 5.32 Å². The summed E-state index contributed by atoms with van der Waals surface area (Å²) < 4.78 is 12.6. The lowest BCUT2D eigenvalue weighted by Gasteiger charge is -2.22. The highest BCUT2D eigenvalue weighted by Gasteiger charge is 2.19. The van der Waals surface area contributed by atoms with E-state index in [1.165, 1.54) is 0 Å². The number of nitrogens with one attached hydrogen (secondary N) is 1. The summed E-state index contributed by atoms with van der Waals surface area (Å²) in [5.41, 5.74) is 3.40. The van der Waals surface area contributed by atoms with Crippen molar-refractivity contribution in [3.8, 4) is 22.7 Å². The van der Waals surface area contributed by atoms with E-state index < -0.39 is 0 Å². The zero-order valence-electron chi connectivity index (χ0n) is 22.4. The summed E-state index contributed by atoms with van der Waals surface area (Å²) in [6, 6.07) is 28.7. The molecule has 0 aliphatic carbocycles. The Morgan fingerprint density at radius 1 is 0.949 bits per heavy atom. The molecule has 39 heavy (non-hydrogen) atoms. The minimum Gasteiger partial charge on any atom is -0.497 e. The molecule has 1 heterocycles. The molecule has 0 spiro atoms. The highest BCUT2D eigenvalue weighted by Crippen LogP contribution is 2.26. The van der Waals surface area contributed by atoms with Crippen molar-refractivity contribution in [2.45, 2.75) is 26.4 Å². The molecule has 8 nitrogen and oxygen atoms in total. The summed E-state index contributed by atoms with van der Waals surface area (Å²) in [6.45, 7) is 2.69. The van der Waals surface area contributed by atoms with Crippen LogP contribution >= 0.6 is 0 Å². The molecule has 8 heteroatoms. The number of anilines is 1. The van der Waals surface area contributed by atoms with Gasteiger partial charge in [-0.2, -0.15) is 5.10 Å². The summed E-state index contributed by atoms with van der Waals surface area (Å²) in [5.74, 6) is 0.700. The van der Waals surface area contributed by atoms with Crippen LogP contribution in [0.4, 0.5) is 5.82 Å². The maximum atomic E-state index is 13.2. The lowest BCUT2D eigenvalue weighted by molar-refractivity contribution is -0.139. The highest BCUT2D eigenvalue weighted by atomic mass is 16.5. The van der Waals surface area contributed by atoms with Crippen molar-refractivity contribution in [3.05, 3.63) is 96.6 Å². The third-order valence-corrected chi connectivity index (χ3v) is 6.17. The van der Waals surface area contributed by atoms with Crippen molar-refractivity contribution < 1.29 is 19.1 Å². The summed E-state index contributed by atoms with van der Waals surface area (Å²) in [7, 11) is 1.61. The second-order valence-electron chi connectivity index (χ2n) is 9.09. The highest BCUT2D eigenvalue weighted by molar-refractivity contribution is 5.94. The molecule has 2 amide bonds. The van der Waals surface area contributed by atoms with Crippen LogP contribution in [-0.4, -0.2) is 53.3 Å². The Labute approximate surface area is 229 Å². The fourth-order valence-corrected chi connectivity index (χ4v) is 4.06. The average Bonchev–Trinajstić information content (AvgIpc) is 3.39. The zero-order valence-corrected chi connectivity index (χ0v) is 22.4. The molecule has 0 aliphatic heterocycles. The van der Waals surface area contributed by atoms with Crippen molar-refractivity contribution >= 4 is 17.6 Å². The first-order valence-corrected chi connectivity index (χ1v) is 13.1. The molecule has 0 radical (unpaired) electrons. The monoisotopic (exact) mass is 526 g/mol. The van der Waals surface area contributed by atoms with Crippen LogP contribution in [-0.2, 0) is 20.9 Å². The number of methoxy groups -OCH3 is 1. The van der Waals surface area contributed by atoms with Crippen LogP contribution in [0.3, 0.4) is 0 Å². The van der Waals surface area contributed by atoms with Gasteiger partial charge in [-0.1, -0.05) is 74.0 Å². The first-order chi connectivity index (χ1) is 19.1. The van der Waals surface area contributed by atoms with Crippen LogP contribution in [0.2, 0.25) is 0 Å². The largest absolute Gasteiger partial charge is 0.497 e. The third-order valence-electron chi connectivity index (χ3n) is 6.17. The van der Waals surface area contributed by atoms with Crippen molar-refractivity contribution in [3.63, 3.8) is 0 Å². The minimum absolute atomic E-state index is 0.0814. The molecule has 0 fully saturated rings. The number of rotatable bonds is 13. The van der Waals surface area contributed by atoms with E-state index in [9.17, 15) is 9.59 Å². The van der Waals surface area contributed by atoms with E-state index in [0.29, 0.717) is 19.0 Å². The second kappa shape index (κ2) is 13.9. The molecular weight excluding hydrogens is 492 g/mol. The summed E-state index contributed by atoms with van der Waals surface area (Å²) in [4.78, 5) is 27.7. The number of amides is 2. The summed E-state index contributed by atoms with van der Waals surface area (Å²) >= 11 is 0. The Kier molecular flexibility index (Phi) is 9.85. The Morgan fingerprint density at radius 3 is 2.31 bits per heavy atom. The van der Waals surface area contributed by atoms with E-state index >= 15 is 0 Å². The molecule has 0 atom stereocenters. The number of carbonyl (C=O) groups excluding carboxylic acids is 2. The SMILES string of the molecule is CCCCN(CC(=O)Nc1cc(-c2ccccc2)nn1-c1ccc(OC)cc1)C(=O)COCc1ccccc1. The Morgan fingerprint density at radius 2 is 1.64 bits per heavy atom. The molecule has 1 aromatic heterocycles. The smallest absolute Gasteiger partial charge is 0.249 e. The number of ether oxygens (including phenoxy) is 2. The van der Waals surface area contributed by atoms with Crippen LogP contribution in [0.15, 0.2) is 91.0 Å². The molecule has 3 aromatic carbocycles. The number of nitrogens with zero attached hydrogens (tertiary/aromatic N) is 3. The van der Waals surface area contributed by atoms with E-state index in [1.807, 2.05) is 97.9 Å². The molecule has 4 rings (SSSR count). The van der Waals surface area contributed by atoms with Gasteiger partial charge in [0, 0.05) is 18.2 Å². The molecule has 202 valence electrons. The second-order valence-corrected chi connectivity index (χ2v) is 9.09.